The second-order valence-corrected chi connectivity index (χ2v) is 3.52. The van der Waals surface area contributed by atoms with Crippen molar-refractivity contribution in [1.29, 1.82) is 0 Å². The van der Waals surface area contributed by atoms with Crippen LogP contribution in [0, 0.1) is 23.7 Å². The van der Waals surface area contributed by atoms with Crippen LogP contribution in [0.1, 0.15) is 39.5 Å². The maximum Gasteiger partial charge on any atom is 0.136 e. The highest BCUT2D eigenvalue weighted by atomic mass is 16.1. The van der Waals surface area contributed by atoms with E-state index in [0.29, 0.717) is 24.0 Å². The van der Waals surface area contributed by atoms with E-state index in [1.54, 1.807) is 0 Å². The first-order valence-corrected chi connectivity index (χ1v) is 4.68. The van der Waals surface area contributed by atoms with E-state index in [1.165, 1.54) is 12.8 Å². The molecule has 0 spiro atoms. The third kappa shape index (κ3) is 2.70. The van der Waals surface area contributed by atoms with Gasteiger partial charge >= 0.3 is 0 Å². The molecule has 0 bridgehead atoms. The lowest BCUT2D eigenvalue weighted by Crippen LogP contribution is -2.12. The fraction of sp³-hybridized carbons (Fsp3) is 0.727. The average Bonchev–Trinajstić information content (AvgIpc) is 2.86. The number of carbonyl (C=O) groups excluding carboxylic acids is 1. The lowest BCUT2D eigenvalue weighted by atomic mass is 9.98. The number of rotatable bonds is 4. The summed E-state index contributed by atoms with van der Waals surface area (Å²) in [4.78, 5) is 11.4. The molecule has 0 saturated heterocycles. The molecule has 1 nitrogen and oxygen atoms in total. The van der Waals surface area contributed by atoms with Gasteiger partial charge in [-0.2, -0.15) is 0 Å². The molecular formula is C11H16O. The zero-order valence-corrected chi connectivity index (χ0v) is 7.89. The van der Waals surface area contributed by atoms with Gasteiger partial charge in [0.05, 0.1) is 0 Å². The molecule has 0 aromatic carbocycles. The van der Waals surface area contributed by atoms with Crippen molar-refractivity contribution < 1.29 is 4.79 Å². The summed E-state index contributed by atoms with van der Waals surface area (Å²) < 4.78 is 0. The average molecular weight is 164 g/mol. The van der Waals surface area contributed by atoms with Gasteiger partial charge in [0.1, 0.15) is 5.78 Å². The van der Waals surface area contributed by atoms with Gasteiger partial charge in [0.2, 0.25) is 0 Å². The summed E-state index contributed by atoms with van der Waals surface area (Å²) in [5, 5.41) is 0. The van der Waals surface area contributed by atoms with Crippen LogP contribution < -0.4 is 0 Å². The van der Waals surface area contributed by atoms with Crippen molar-refractivity contribution in [3.8, 4) is 11.8 Å². The highest BCUT2D eigenvalue weighted by molar-refractivity contribution is 5.81. The third-order valence-corrected chi connectivity index (χ3v) is 2.51. The van der Waals surface area contributed by atoms with E-state index in [9.17, 15) is 4.79 Å². The summed E-state index contributed by atoms with van der Waals surface area (Å²) in [7, 11) is 0. The van der Waals surface area contributed by atoms with E-state index in [0.717, 1.165) is 6.42 Å². The zero-order chi connectivity index (χ0) is 8.97. The van der Waals surface area contributed by atoms with Crippen LogP contribution in [0.15, 0.2) is 0 Å². The highest BCUT2D eigenvalue weighted by Crippen LogP contribution is 2.37. The van der Waals surface area contributed by atoms with Crippen molar-refractivity contribution in [3.05, 3.63) is 0 Å². The summed E-state index contributed by atoms with van der Waals surface area (Å²) in [6.45, 7) is 3.87. The minimum absolute atomic E-state index is 0.295. The van der Waals surface area contributed by atoms with Gasteiger partial charge in [-0.3, -0.25) is 4.79 Å². The normalized spacial score (nSPS) is 17.8. The van der Waals surface area contributed by atoms with Crippen molar-refractivity contribution in [2.75, 3.05) is 0 Å². The molecule has 0 aliphatic heterocycles. The van der Waals surface area contributed by atoms with Crippen molar-refractivity contribution >= 4 is 5.78 Å². The van der Waals surface area contributed by atoms with E-state index < -0.39 is 0 Å². The SMILES string of the molecule is CC#CCCC(=O)C(C)C1CC1. The number of hydrogen-bond donors (Lipinski definition) is 0. The monoisotopic (exact) mass is 164 g/mol. The van der Waals surface area contributed by atoms with Crippen molar-refractivity contribution in [3.63, 3.8) is 0 Å². The van der Waals surface area contributed by atoms with Gasteiger partial charge in [-0.15, -0.1) is 11.8 Å². The van der Waals surface area contributed by atoms with Crippen LogP contribution in [-0.4, -0.2) is 5.78 Å². The molecule has 0 aromatic rings. The summed E-state index contributed by atoms with van der Waals surface area (Å²) in [6.07, 6.45) is 3.91. The first kappa shape index (κ1) is 9.32. The molecular weight excluding hydrogens is 148 g/mol. The van der Waals surface area contributed by atoms with Crippen LogP contribution in [0.3, 0.4) is 0 Å². The summed E-state index contributed by atoms with van der Waals surface area (Å²) in [6, 6.07) is 0. The smallest absolute Gasteiger partial charge is 0.136 e. The molecule has 1 saturated carbocycles. The fourth-order valence-corrected chi connectivity index (χ4v) is 1.40. The molecule has 0 radical (unpaired) electrons. The Balaban J connectivity index is 2.20. The van der Waals surface area contributed by atoms with Crippen LogP contribution in [0.5, 0.6) is 0 Å². The van der Waals surface area contributed by atoms with Gasteiger partial charge in [0.15, 0.2) is 0 Å². The number of Topliss-reactive ketones (excluding diaryl/α,β-unsaturated/α-hetero) is 1. The van der Waals surface area contributed by atoms with E-state index in [4.69, 9.17) is 0 Å². The molecule has 1 aliphatic rings. The molecule has 0 N–H and O–H groups in total. The molecule has 1 atom stereocenters. The van der Waals surface area contributed by atoms with Gasteiger partial charge in [-0.05, 0) is 25.7 Å². The molecule has 1 heteroatoms. The van der Waals surface area contributed by atoms with Gasteiger partial charge in [0.25, 0.3) is 0 Å². The van der Waals surface area contributed by atoms with Crippen LogP contribution in [0.2, 0.25) is 0 Å². The number of hydrogen-bond acceptors (Lipinski definition) is 1. The van der Waals surface area contributed by atoms with Gasteiger partial charge in [-0.25, -0.2) is 0 Å². The molecule has 66 valence electrons. The Morgan fingerprint density at radius 3 is 2.75 bits per heavy atom. The van der Waals surface area contributed by atoms with Gasteiger partial charge in [0, 0.05) is 18.8 Å². The first-order valence-electron chi connectivity index (χ1n) is 4.68. The molecule has 0 heterocycles. The topological polar surface area (TPSA) is 17.1 Å². The molecule has 1 unspecified atom stereocenters. The molecule has 1 aliphatic carbocycles. The minimum atomic E-state index is 0.295. The van der Waals surface area contributed by atoms with E-state index in [2.05, 4.69) is 18.8 Å². The Hall–Kier alpha value is -0.770. The summed E-state index contributed by atoms with van der Waals surface area (Å²) >= 11 is 0. The lowest BCUT2D eigenvalue weighted by Gasteiger charge is -2.05. The van der Waals surface area contributed by atoms with Crippen LogP contribution in [0.4, 0.5) is 0 Å². The van der Waals surface area contributed by atoms with Gasteiger partial charge in [-0.1, -0.05) is 6.92 Å². The number of carbonyl (C=O) groups is 1. The van der Waals surface area contributed by atoms with Crippen LogP contribution in [0.25, 0.3) is 0 Å². The van der Waals surface area contributed by atoms with Gasteiger partial charge < -0.3 is 0 Å². The predicted molar refractivity (Wildman–Crippen MR) is 49.6 cm³/mol. The number of ketones is 1. The Labute approximate surface area is 74.5 Å². The second kappa shape index (κ2) is 4.30. The third-order valence-electron chi connectivity index (χ3n) is 2.51. The summed E-state index contributed by atoms with van der Waals surface area (Å²) in [5.41, 5.74) is 0. The predicted octanol–water partition coefficient (Wildman–Crippen LogP) is 2.41. The Kier molecular flexibility index (Phi) is 3.34. The molecule has 1 rings (SSSR count). The maximum absolute atomic E-state index is 11.4. The van der Waals surface area contributed by atoms with E-state index >= 15 is 0 Å². The lowest BCUT2D eigenvalue weighted by molar-refractivity contribution is -0.122. The minimum Gasteiger partial charge on any atom is -0.299 e. The van der Waals surface area contributed by atoms with E-state index in [1.807, 2.05) is 6.92 Å². The molecule has 12 heavy (non-hydrogen) atoms. The molecule has 1 fully saturated rings. The maximum atomic E-state index is 11.4. The van der Waals surface area contributed by atoms with Crippen molar-refractivity contribution in [1.82, 2.24) is 0 Å². The first-order chi connectivity index (χ1) is 5.75. The summed E-state index contributed by atoms with van der Waals surface area (Å²) in [5.74, 6) is 7.13. The Morgan fingerprint density at radius 2 is 2.25 bits per heavy atom. The Morgan fingerprint density at radius 1 is 1.58 bits per heavy atom. The zero-order valence-electron chi connectivity index (χ0n) is 7.89. The molecule has 0 aromatic heterocycles. The van der Waals surface area contributed by atoms with Crippen molar-refractivity contribution in [2.24, 2.45) is 11.8 Å². The van der Waals surface area contributed by atoms with Crippen molar-refractivity contribution in [2.45, 2.75) is 39.5 Å². The fourth-order valence-electron chi connectivity index (χ4n) is 1.40. The molecule has 0 amide bonds. The van der Waals surface area contributed by atoms with Crippen LogP contribution in [-0.2, 0) is 4.79 Å². The van der Waals surface area contributed by atoms with E-state index in [-0.39, 0.29) is 0 Å². The van der Waals surface area contributed by atoms with Crippen LogP contribution >= 0.6 is 0 Å². The largest absolute Gasteiger partial charge is 0.299 e. The second-order valence-electron chi connectivity index (χ2n) is 3.52. The quantitative estimate of drug-likeness (QED) is 0.583. The highest BCUT2D eigenvalue weighted by Gasteiger charge is 2.31. The standard InChI is InChI=1S/C11H16O/c1-3-4-5-6-11(12)9(2)10-7-8-10/h9-10H,5-8H2,1-2H3. The Bertz CT molecular complexity index is 215.